The number of benzene rings is 4. The van der Waals surface area contributed by atoms with Crippen molar-refractivity contribution < 1.29 is 9.53 Å². The standard InChI is InChI=1S/C38H41NO2P/c1-7-41-38(40)37-34(35-29(4)27(2)28(3)30(5)36(35)39(37)6)25-17-18-26-42(31-19-11-8-12-20-31,32-21-13-9-14-22-32)33-23-15-10-16-24-33/h8-16,18-24,26H,7,17,25H2,1-6H3/q+1/b26-18+. The van der Waals surface area contributed by atoms with Crippen molar-refractivity contribution in [1.29, 1.82) is 0 Å². The molecular weight excluding hydrogens is 533 g/mol. The summed E-state index contributed by atoms with van der Waals surface area (Å²) in [7, 11) is -0.0623. The second-order valence-corrected chi connectivity index (χ2v) is 14.3. The van der Waals surface area contributed by atoms with E-state index in [1.807, 2.05) is 14.0 Å². The van der Waals surface area contributed by atoms with Crippen molar-refractivity contribution in [1.82, 2.24) is 4.57 Å². The second kappa shape index (κ2) is 12.5. The largest absolute Gasteiger partial charge is 0.461 e. The lowest BCUT2D eigenvalue weighted by atomic mass is 9.92. The first-order valence-corrected chi connectivity index (χ1v) is 16.7. The fraction of sp³-hybridized carbons (Fsp3) is 0.237. The highest BCUT2D eigenvalue weighted by molar-refractivity contribution is 7.98. The van der Waals surface area contributed by atoms with Gasteiger partial charge in [-0.15, -0.1) is 0 Å². The van der Waals surface area contributed by atoms with Crippen LogP contribution in [0, 0.1) is 27.7 Å². The number of allylic oxidation sites excluding steroid dienone is 1. The first kappa shape index (κ1) is 29.5. The highest BCUT2D eigenvalue weighted by Crippen LogP contribution is 2.57. The Balaban J connectivity index is 1.64. The van der Waals surface area contributed by atoms with Crippen LogP contribution in [-0.2, 0) is 18.2 Å². The summed E-state index contributed by atoms with van der Waals surface area (Å²) in [6.45, 7) is 10.9. The molecule has 1 heterocycles. The molecule has 1 aromatic heterocycles. The van der Waals surface area contributed by atoms with Gasteiger partial charge in [-0.25, -0.2) is 4.79 Å². The topological polar surface area (TPSA) is 31.2 Å². The minimum absolute atomic E-state index is 0.246. The lowest BCUT2D eigenvalue weighted by Gasteiger charge is -2.24. The van der Waals surface area contributed by atoms with Crippen LogP contribution in [-0.4, -0.2) is 17.1 Å². The number of carbonyl (C=O) groups is 1. The van der Waals surface area contributed by atoms with Gasteiger partial charge in [0.15, 0.2) is 0 Å². The Morgan fingerprint density at radius 1 is 0.738 bits per heavy atom. The summed E-state index contributed by atoms with van der Waals surface area (Å²) in [5, 5.41) is 5.18. The third kappa shape index (κ3) is 5.12. The minimum atomic E-state index is -2.07. The van der Waals surface area contributed by atoms with Gasteiger partial charge in [0.2, 0.25) is 0 Å². The molecule has 3 nitrogen and oxygen atoms in total. The zero-order valence-electron chi connectivity index (χ0n) is 25.6. The summed E-state index contributed by atoms with van der Waals surface area (Å²) < 4.78 is 7.65. The van der Waals surface area contributed by atoms with Crippen LogP contribution in [0.1, 0.15) is 51.7 Å². The molecule has 0 amide bonds. The first-order chi connectivity index (χ1) is 20.3. The number of nitrogens with zero attached hydrogens (tertiary/aromatic N) is 1. The number of hydrogen-bond acceptors (Lipinski definition) is 2. The van der Waals surface area contributed by atoms with Gasteiger partial charge in [0.25, 0.3) is 0 Å². The molecule has 0 radical (unpaired) electrons. The molecule has 0 bridgehead atoms. The van der Waals surface area contributed by atoms with E-state index in [2.05, 4.69) is 135 Å². The number of hydrogen-bond donors (Lipinski definition) is 0. The van der Waals surface area contributed by atoms with E-state index in [1.165, 1.54) is 43.6 Å². The summed E-state index contributed by atoms with van der Waals surface area (Å²) in [5.41, 5.74) is 7.94. The SMILES string of the molecule is CCOC(=O)c1c(CC/C=C/[P+](c2ccccc2)(c2ccccc2)c2ccccc2)c2c(C)c(C)c(C)c(C)c2n1C. The van der Waals surface area contributed by atoms with Crippen LogP contribution in [0.5, 0.6) is 0 Å². The third-order valence-corrected chi connectivity index (χ3v) is 12.8. The highest BCUT2D eigenvalue weighted by Gasteiger charge is 2.43. The number of fused-ring (bicyclic) bond motifs is 1. The van der Waals surface area contributed by atoms with Crippen molar-refractivity contribution in [2.45, 2.75) is 47.5 Å². The molecule has 0 spiro atoms. The highest BCUT2D eigenvalue weighted by atomic mass is 31.2. The number of esters is 1. The van der Waals surface area contributed by atoms with Crippen molar-refractivity contribution in [3.8, 4) is 0 Å². The van der Waals surface area contributed by atoms with Crippen LogP contribution >= 0.6 is 7.26 Å². The lowest BCUT2D eigenvalue weighted by molar-refractivity contribution is 0.0514. The van der Waals surface area contributed by atoms with E-state index < -0.39 is 7.26 Å². The molecule has 0 saturated carbocycles. The number of ether oxygens (including phenoxy) is 1. The van der Waals surface area contributed by atoms with Gasteiger partial charge in [-0.3, -0.25) is 0 Å². The predicted molar refractivity (Wildman–Crippen MR) is 180 cm³/mol. The zero-order chi connectivity index (χ0) is 29.9. The molecule has 0 saturated heterocycles. The van der Waals surface area contributed by atoms with Gasteiger partial charge in [-0.1, -0.05) is 54.6 Å². The van der Waals surface area contributed by atoms with Gasteiger partial charge in [-0.05, 0) is 118 Å². The Morgan fingerprint density at radius 2 is 1.21 bits per heavy atom. The van der Waals surface area contributed by atoms with Gasteiger partial charge < -0.3 is 9.30 Å². The average Bonchev–Trinajstić information content (AvgIpc) is 3.32. The van der Waals surface area contributed by atoms with Crippen LogP contribution in [0.2, 0.25) is 0 Å². The van der Waals surface area contributed by atoms with Crippen LogP contribution in [0.25, 0.3) is 10.9 Å². The van der Waals surface area contributed by atoms with Crippen molar-refractivity contribution in [3.05, 3.63) is 136 Å². The fourth-order valence-electron chi connectivity index (χ4n) is 6.37. The summed E-state index contributed by atoms with van der Waals surface area (Å²) in [6.07, 6.45) is 3.91. The average molecular weight is 575 g/mol. The van der Waals surface area contributed by atoms with Crippen molar-refractivity contribution in [2.24, 2.45) is 7.05 Å². The van der Waals surface area contributed by atoms with Gasteiger partial charge in [0.1, 0.15) is 28.9 Å². The molecule has 0 fully saturated rings. The Labute approximate surface area is 251 Å². The van der Waals surface area contributed by atoms with E-state index in [4.69, 9.17) is 4.74 Å². The van der Waals surface area contributed by atoms with E-state index in [9.17, 15) is 4.79 Å². The van der Waals surface area contributed by atoms with E-state index >= 15 is 0 Å². The van der Waals surface area contributed by atoms with Crippen LogP contribution in [0.3, 0.4) is 0 Å². The molecule has 0 aliphatic rings. The molecule has 0 atom stereocenters. The predicted octanol–water partition coefficient (Wildman–Crippen LogP) is 8.03. The molecule has 0 unspecified atom stereocenters. The lowest BCUT2D eigenvalue weighted by Crippen LogP contribution is -2.29. The maximum atomic E-state index is 13.3. The number of aryl methyl sites for hydroxylation is 4. The van der Waals surface area contributed by atoms with Crippen molar-refractivity contribution >= 4 is 40.0 Å². The number of carbonyl (C=O) groups excluding carboxylic acids is 1. The molecule has 214 valence electrons. The third-order valence-electron chi connectivity index (χ3n) is 8.76. The van der Waals surface area contributed by atoms with Crippen LogP contribution in [0.15, 0.2) is 103 Å². The summed E-state index contributed by atoms with van der Waals surface area (Å²) in [5.74, 6) is 2.22. The van der Waals surface area contributed by atoms with Gasteiger partial charge in [0, 0.05) is 12.4 Å². The van der Waals surface area contributed by atoms with Gasteiger partial charge in [0.05, 0.1) is 17.9 Å². The molecule has 4 aromatic carbocycles. The Kier molecular flexibility index (Phi) is 8.80. The van der Waals surface area contributed by atoms with Gasteiger partial charge in [-0.2, -0.15) is 0 Å². The molecular formula is C38H41NO2P+. The molecule has 5 aromatic rings. The Hall–Kier alpha value is -3.94. The second-order valence-electron chi connectivity index (χ2n) is 11.0. The van der Waals surface area contributed by atoms with Crippen molar-refractivity contribution in [2.75, 3.05) is 6.61 Å². The quantitative estimate of drug-likeness (QED) is 0.132. The minimum Gasteiger partial charge on any atom is -0.461 e. The molecule has 0 aliphatic heterocycles. The fourth-order valence-corrected chi connectivity index (χ4v) is 10.2. The maximum absolute atomic E-state index is 13.3. The Morgan fingerprint density at radius 3 is 1.69 bits per heavy atom. The van der Waals surface area contributed by atoms with Gasteiger partial charge >= 0.3 is 5.97 Å². The normalized spacial score (nSPS) is 11.9. The van der Waals surface area contributed by atoms with E-state index in [0.717, 1.165) is 23.9 Å². The monoisotopic (exact) mass is 574 g/mol. The summed E-state index contributed by atoms with van der Waals surface area (Å²) >= 11 is 0. The Bertz CT molecular complexity index is 1640. The molecule has 42 heavy (non-hydrogen) atoms. The molecule has 0 aliphatic carbocycles. The van der Waals surface area contributed by atoms with Crippen LogP contribution in [0.4, 0.5) is 0 Å². The van der Waals surface area contributed by atoms with Crippen LogP contribution < -0.4 is 15.9 Å². The number of aromatic nitrogens is 1. The molecule has 5 rings (SSSR count). The van der Waals surface area contributed by atoms with E-state index in [0.29, 0.717) is 12.3 Å². The molecule has 0 N–H and O–H groups in total. The smallest absolute Gasteiger partial charge is 0.355 e. The summed E-state index contributed by atoms with van der Waals surface area (Å²) in [4.78, 5) is 13.3. The first-order valence-electron chi connectivity index (χ1n) is 14.8. The number of rotatable bonds is 9. The maximum Gasteiger partial charge on any atom is 0.355 e. The van der Waals surface area contributed by atoms with E-state index in [1.54, 1.807) is 0 Å². The van der Waals surface area contributed by atoms with Crippen molar-refractivity contribution in [3.63, 3.8) is 0 Å². The van der Waals surface area contributed by atoms with E-state index in [-0.39, 0.29) is 5.97 Å². The zero-order valence-corrected chi connectivity index (χ0v) is 26.5. The summed E-state index contributed by atoms with van der Waals surface area (Å²) in [6, 6.07) is 32.7. The molecule has 4 heteroatoms.